The average molecular weight is 377 g/mol. The van der Waals surface area contributed by atoms with Gasteiger partial charge in [-0.25, -0.2) is 0 Å². The van der Waals surface area contributed by atoms with E-state index in [0.717, 1.165) is 6.42 Å². The van der Waals surface area contributed by atoms with Crippen LogP contribution in [0.25, 0.3) is 0 Å². The van der Waals surface area contributed by atoms with E-state index in [9.17, 15) is 4.79 Å². The van der Waals surface area contributed by atoms with Crippen LogP contribution in [0.15, 0.2) is 28.7 Å². The van der Waals surface area contributed by atoms with E-state index in [4.69, 9.17) is 9.15 Å². The first-order valence-electron chi connectivity index (χ1n) is 11.1. The van der Waals surface area contributed by atoms with Crippen LogP contribution in [0, 0.1) is 0 Å². The Hall–Kier alpha value is -1.51. The van der Waals surface area contributed by atoms with Crippen molar-refractivity contribution in [3.63, 3.8) is 0 Å². The van der Waals surface area contributed by atoms with Crippen molar-refractivity contribution in [2.45, 2.75) is 104 Å². The first-order chi connectivity index (χ1) is 13.2. The number of unbranched alkanes of at least 4 members (excludes halogenated alkanes) is 12. The van der Waals surface area contributed by atoms with Crippen LogP contribution in [0.2, 0.25) is 0 Å². The molecular weight excluding hydrogens is 336 g/mol. The first-order valence-corrected chi connectivity index (χ1v) is 11.1. The van der Waals surface area contributed by atoms with Gasteiger partial charge in [-0.05, 0) is 38.2 Å². The van der Waals surface area contributed by atoms with Gasteiger partial charge in [0.15, 0.2) is 11.5 Å². The number of ketones is 1. The molecule has 27 heavy (non-hydrogen) atoms. The van der Waals surface area contributed by atoms with Crippen molar-refractivity contribution in [2.24, 2.45) is 0 Å². The smallest absolute Gasteiger partial charge is 0.284 e. The number of Topliss-reactive ketones (excluding diaryl/α,β-unsaturated/α-hetero) is 1. The third kappa shape index (κ3) is 13.3. The molecule has 1 rings (SSSR count). The van der Waals surface area contributed by atoms with Gasteiger partial charge < -0.3 is 9.15 Å². The van der Waals surface area contributed by atoms with Crippen LogP contribution in [-0.2, 0) is 0 Å². The van der Waals surface area contributed by atoms with Gasteiger partial charge in [-0.1, -0.05) is 76.9 Å². The third-order valence-corrected chi connectivity index (χ3v) is 4.83. The lowest BCUT2D eigenvalue weighted by molar-refractivity contribution is 0.0978. The highest BCUT2D eigenvalue weighted by molar-refractivity contribution is 5.91. The Morgan fingerprint density at radius 3 is 1.96 bits per heavy atom. The molecule has 0 aliphatic carbocycles. The standard InChI is InChI=1S/C24H40O3/c1-3-4-5-6-7-8-9-10-11-12-13-14-15-16-17-18-21-26-24-20-19-23(27-24)22(2)25/h10-11,19-20H,3-9,12-18,21H2,1-2H3/b11-10-. The van der Waals surface area contributed by atoms with Gasteiger partial charge in [0, 0.05) is 13.0 Å². The van der Waals surface area contributed by atoms with Crippen molar-refractivity contribution in [1.82, 2.24) is 0 Å². The molecule has 0 saturated heterocycles. The highest BCUT2D eigenvalue weighted by Crippen LogP contribution is 2.17. The molecule has 0 N–H and O–H groups in total. The number of hydrogen-bond acceptors (Lipinski definition) is 3. The average Bonchev–Trinajstić information content (AvgIpc) is 3.13. The van der Waals surface area contributed by atoms with Crippen LogP contribution in [0.5, 0.6) is 5.95 Å². The van der Waals surface area contributed by atoms with E-state index in [0.29, 0.717) is 18.3 Å². The third-order valence-electron chi connectivity index (χ3n) is 4.83. The summed E-state index contributed by atoms with van der Waals surface area (Å²) in [6.45, 7) is 4.42. The molecule has 0 saturated carbocycles. The number of rotatable bonds is 18. The SMILES string of the molecule is CCCCCCCC/C=C\CCCCCCCCOc1ccc(C(C)=O)o1. The second kappa shape index (κ2) is 16.6. The molecule has 0 spiro atoms. The van der Waals surface area contributed by atoms with Gasteiger partial charge in [0.1, 0.15) is 0 Å². The molecule has 1 aromatic heterocycles. The quantitative estimate of drug-likeness (QED) is 0.148. The molecule has 0 aliphatic heterocycles. The molecule has 0 aliphatic rings. The molecule has 0 bridgehead atoms. The van der Waals surface area contributed by atoms with Crippen molar-refractivity contribution in [3.8, 4) is 5.95 Å². The molecule has 1 aromatic rings. The van der Waals surface area contributed by atoms with Crippen LogP contribution in [0.1, 0.15) is 114 Å². The Balaban J connectivity index is 1.81. The summed E-state index contributed by atoms with van der Waals surface area (Å²) in [6, 6.07) is 3.39. The molecule has 0 radical (unpaired) electrons. The van der Waals surface area contributed by atoms with E-state index < -0.39 is 0 Å². The molecule has 154 valence electrons. The highest BCUT2D eigenvalue weighted by Gasteiger charge is 2.06. The summed E-state index contributed by atoms with van der Waals surface area (Å²) < 4.78 is 10.8. The molecule has 1 heterocycles. The van der Waals surface area contributed by atoms with Gasteiger partial charge in [-0.15, -0.1) is 0 Å². The number of carbonyl (C=O) groups excluding carboxylic acids is 1. The lowest BCUT2D eigenvalue weighted by Gasteiger charge is -2.03. The van der Waals surface area contributed by atoms with E-state index in [-0.39, 0.29) is 5.78 Å². The zero-order chi connectivity index (χ0) is 19.6. The maximum Gasteiger partial charge on any atom is 0.284 e. The highest BCUT2D eigenvalue weighted by atomic mass is 16.6. The van der Waals surface area contributed by atoms with Crippen molar-refractivity contribution < 1.29 is 13.9 Å². The summed E-state index contributed by atoms with van der Waals surface area (Å²) >= 11 is 0. The monoisotopic (exact) mass is 376 g/mol. The maximum atomic E-state index is 11.1. The summed E-state index contributed by atoms with van der Waals surface area (Å²) in [4.78, 5) is 11.1. The lowest BCUT2D eigenvalue weighted by atomic mass is 10.1. The van der Waals surface area contributed by atoms with Crippen LogP contribution in [-0.4, -0.2) is 12.4 Å². The Kier molecular flexibility index (Phi) is 14.5. The molecular formula is C24H40O3. The summed E-state index contributed by atoms with van der Waals surface area (Å²) in [5.41, 5.74) is 0. The minimum absolute atomic E-state index is 0.0675. The van der Waals surface area contributed by atoms with E-state index >= 15 is 0 Å². The molecule has 0 fully saturated rings. The van der Waals surface area contributed by atoms with Gasteiger partial charge in [0.25, 0.3) is 5.95 Å². The van der Waals surface area contributed by atoms with Gasteiger partial charge in [-0.3, -0.25) is 4.79 Å². The topological polar surface area (TPSA) is 39.4 Å². The fraction of sp³-hybridized carbons (Fsp3) is 0.708. The number of carbonyl (C=O) groups is 1. The van der Waals surface area contributed by atoms with E-state index in [2.05, 4.69) is 19.1 Å². The van der Waals surface area contributed by atoms with E-state index in [1.807, 2.05) is 0 Å². The predicted octanol–water partition coefficient (Wildman–Crippen LogP) is 7.90. The fourth-order valence-corrected chi connectivity index (χ4v) is 3.11. The Morgan fingerprint density at radius 2 is 1.41 bits per heavy atom. The number of allylic oxidation sites excluding steroid dienone is 2. The summed E-state index contributed by atoms with van der Waals surface area (Å²) in [5.74, 6) is 0.751. The van der Waals surface area contributed by atoms with Gasteiger partial charge in [0.05, 0.1) is 6.61 Å². The van der Waals surface area contributed by atoms with E-state index in [1.54, 1.807) is 12.1 Å². The van der Waals surface area contributed by atoms with Crippen molar-refractivity contribution in [1.29, 1.82) is 0 Å². The fourth-order valence-electron chi connectivity index (χ4n) is 3.11. The molecule has 3 nitrogen and oxygen atoms in total. The number of ether oxygens (including phenoxy) is 1. The van der Waals surface area contributed by atoms with Crippen molar-refractivity contribution in [2.75, 3.05) is 6.61 Å². The Morgan fingerprint density at radius 1 is 0.852 bits per heavy atom. The van der Waals surface area contributed by atoms with Crippen LogP contribution < -0.4 is 4.74 Å². The van der Waals surface area contributed by atoms with Crippen molar-refractivity contribution in [3.05, 3.63) is 30.0 Å². The lowest BCUT2D eigenvalue weighted by Crippen LogP contribution is -1.96. The normalized spacial score (nSPS) is 11.3. The first kappa shape index (κ1) is 23.5. The van der Waals surface area contributed by atoms with Crippen LogP contribution in [0.3, 0.4) is 0 Å². The Bertz CT molecular complexity index is 501. The predicted molar refractivity (Wildman–Crippen MR) is 114 cm³/mol. The molecule has 0 atom stereocenters. The van der Waals surface area contributed by atoms with Crippen molar-refractivity contribution >= 4 is 5.78 Å². The van der Waals surface area contributed by atoms with Gasteiger partial charge >= 0.3 is 0 Å². The summed E-state index contributed by atoms with van der Waals surface area (Å²) in [6.07, 6.45) is 23.0. The Labute approximate surface area is 166 Å². The maximum absolute atomic E-state index is 11.1. The number of furan rings is 1. The second-order valence-corrected chi connectivity index (χ2v) is 7.46. The second-order valence-electron chi connectivity index (χ2n) is 7.46. The number of hydrogen-bond donors (Lipinski definition) is 0. The molecule has 0 unspecified atom stereocenters. The minimum atomic E-state index is -0.0675. The van der Waals surface area contributed by atoms with E-state index in [1.165, 1.54) is 90.4 Å². The van der Waals surface area contributed by atoms with Gasteiger partial charge in [0.2, 0.25) is 0 Å². The largest absolute Gasteiger partial charge is 0.465 e. The molecule has 3 heteroatoms. The minimum Gasteiger partial charge on any atom is -0.465 e. The van der Waals surface area contributed by atoms with Crippen LogP contribution >= 0.6 is 0 Å². The summed E-state index contributed by atoms with van der Waals surface area (Å²) in [5, 5.41) is 0. The molecule has 0 amide bonds. The zero-order valence-corrected chi connectivity index (χ0v) is 17.6. The molecule has 0 aromatic carbocycles. The summed E-state index contributed by atoms with van der Waals surface area (Å²) in [7, 11) is 0. The van der Waals surface area contributed by atoms with Crippen LogP contribution in [0.4, 0.5) is 0 Å². The zero-order valence-electron chi connectivity index (χ0n) is 17.6. The van der Waals surface area contributed by atoms with Gasteiger partial charge in [-0.2, -0.15) is 0 Å².